The molecular formula is C24H19Br2N2O5P. The quantitative estimate of drug-likeness (QED) is 0.135. The molecule has 0 bridgehead atoms. The summed E-state index contributed by atoms with van der Waals surface area (Å²) in [5, 5.41) is 0. The van der Waals surface area contributed by atoms with Gasteiger partial charge >= 0.3 is 8.25 Å². The fourth-order valence-electron chi connectivity index (χ4n) is 2.86. The third kappa shape index (κ3) is 7.75. The molecule has 34 heavy (non-hydrogen) atoms. The highest BCUT2D eigenvalue weighted by Gasteiger charge is 2.06. The van der Waals surface area contributed by atoms with Crippen LogP contribution >= 0.6 is 40.1 Å². The van der Waals surface area contributed by atoms with Crippen LogP contribution in [0.15, 0.2) is 94.1 Å². The summed E-state index contributed by atoms with van der Waals surface area (Å²) >= 11 is 6.63. The van der Waals surface area contributed by atoms with Crippen molar-refractivity contribution in [3.63, 3.8) is 0 Å². The van der Waals surface area contributed by atoms with Crippen LogP contribution in [0.3, 0.4) is 0 Å². The van der Waals surface area contributed by atoms with E-state index in [2.05, 4.69) is 41.8 Å². The smallest absolute Gasteiger partial charge is 0.319 e. The first-order valence-electron chi connectivity index (χ1n) is 10.1. The van der Waals surface area contributed by atoms with E-state index in [1.807, 2.05) is 60.7 Å². The summed E-state index contributed by atoms with van der Waals surface area (Å²) in [7, 11) is -2.71. The van der Waals surface area contributed by atoms with Crippen molar-refractivity contribution in [3.05, 3.63) is 105 Å². The number of pyridine rings is 2. The fraction of sp³-hybridized carbons (Fsp3) is 0.0833. The first-order valence-corrected chi connectivity index (χ1v) is 12.9. The van der Waals surface area contributed by atoms with E-state index in [1.165, 1.54) is 0 Å². The predicted octanol–water partition coefficient (Wildman–Crippen LogP) is 7.71. The van der Waals surface area contributed by atoms with Crippen molar-refractivity contribution in [1.29, 1.82) is 0 Å². The van der Waals surface area contributed by atoms with E-state index in [-0.39, 0.29) is 13.2 Å². The van der Waals surface area contributed by atoms with Crippen LogP contribution in [0.1, 0.15) is 11.1 Å². The molecule has 4 rings (SSSR count). The summed E-state index contributed by atoms with van der Waals surface area (Å²) in [6, 6.07) is 25.4. The number of rotatable bonds is 10. The largest absolute Gasteiger partial charge is 0.439 e. The Labute approximate surface area is 214 Å². The molecule has 0 aliphatic carbocycles. The highest BCUT2D eigenvalue weighted by atomic mass is 79.9. The van der Waals surface area contributed by atoms with Gasteiger partial charge in [-0.1, -0.05) is 36.4 Å². The zero-order valence-electron chi connectivity index (χ0n) is 17.7. The second kappa shape index (κ2) is 12.2. The molecule has 0 unspecified atom stereocenters. The topological polar surface area (TPSA) is 79.8 Å². The monoisotopic (exact) mass is 604 g/mol. The van der Waals surface area contributed by atoms with E-state index in [9.17, 15) is 4.57 Å². The van der Waals surface area contributed by atoms with Crippen molar-refractivity contribution < 1.29 is 23.1 Å². The summed E-state index contributed by atoms with van der Waals surface area (Å²) in [5.41, 5.74) is 1.60. The van der Waals surface area contributed by atoms with E-state index >= 15 is 0 Å². The molecule has 10 heteroatoms. The van der Waals surface area contributed by atoms with Crippen LogP contribution in [0, 0.1) is 0 Å². The van der Waals surface area contributed by atoms with Crippen LogP contribution in [0.4, 0.5) is 0 Å². The Bertz CT molecular complexity index is 1190. The molecule has 0 atom stereocenters. The number of hydrogen-bond donors (Lipinski definition) is 0. The van der Waals surface area contributed by atoms with Gasteiger partial charge in [0, 0.05) is 12.1 Å². The minimum Gasteiger partial charge on any atom is -0.439 e. The summed E-state index contributed by atoms with van der Waals surface area (Å²) in [6.07, 6.45) is 0. The molecule has 174 valence electrons. The normalized spacial score (nSPS) is 10.9. The zero-order valence-corrected chi connectivity index (χ0v) is 21.9. The lowest BCUT2D eigenvalue weighted by Crippen LogP contribution is -1.93. The molecule has 0 fully saturated rings. The Hall–Kier alpha value is -2.55. The van der Waals surface area contributed by atoms with Crippen LogP contribution in [0.5, 0.6) is 23.3 Å². The number of halogens is 2. The Morgan fingerprint density at radius 1 is 0.647 bits per heavy atom. The first-order chi connectivity index (χ1) is 16.5. The number of benzene rings is 2. The van der Waals surface area contributed by atoms with Crippen molar-refractivity contribution >= 4 is 40.1 Å². The molecule has 0 radical (unpaired) electrons. The standard InChI is InChI=1S/C24H19Br2N2O5P/c25-21-9-3-11-23(27-21)32-19-7-1-5-17(13-19)15-30-34(29)31-16-18-6-2-8-20(14-18)33-24-12-4-10-22(26)28-24/h1-14,34H,15-16H2. The maximum atomic E-state index is 12.3. The molecule has 0 N–H and O–H groups in total. The molecule has 2 heterocycles. The van der Waals surface area contributed by atoms with Crippen molar-refractivity contribution in [2.24, 2.45) is 0 Å². The van der Waals surface area contributed by atoms with Gasteiger partial charge in [0.1, 0.15) is 20.7 Å². The number of aromatic nitrogens is 2. The van der Waals surface area contributed by atoms with Crippen molar-refractivity contribution in [3.8, 4) is 23.3 Å². The molecule has 0 saturated carbocycles. The van der Waals surface area contributed by atoms with Crippen LogP contribution < -0.4 is 9.47 Å². The van der Waals surface area contributed by atoms with Gasteiger partial charge in [-0.15, -0.1) is 0 Å². The molecule has 0 aliphatic rings. The molecule has 2 aromatic heterocycles. The second-order valence-corrected chi connectivity index (χ2v) is 9.63. The van der Waals surface area contributed by atoms with Gasteiger partial charge in [0.25, 0.3) is 0 Å². The van der Waals surface area contributed by atoms with Crippen LogP contribution in [-0.4, -0.2) is 9.97 Å². The van der Waals surface area contributed by atoms with Crippen molar-refractivity contribution in [1.82, 2.24) is 9.97 Å². The van der Waals surface area contributed by atoms with Gasteiger partial charge in [0.2, 0.25) is 11.8 Å². The van der Waals surface area contributed by atoms with Gasteiger partial charge in [-0.3, -0.25) is 4.57 Å². The Morgan fingerprint density at radius 3 is 1.53 bits per heavy atom. The zero-order chi connectivity index (χ0) is 23.8. The minimum atomic E-state index is -2.71. The van der Waals surface area contributed by atoms with E-state index in [4.69, 9.17) is 18.5 Å². The maximum absolute atomic E-state index is 12.3. The third-order valence-electron chi connectivity index (χ3n) is 4.33. The Kier molecular flexibility index (Phi) is 8.85. The molecule has 7 nitrogen and oxygen atoms in total. The molecule has 0 amide bonds. The molecule has 0 saturated heterocycles. The van der Waals surface area contributed by atoms with Gasteiger partial charge in [-0.25, -0.2) is 9.97 Å². The SMILES string of the molecule is O=[PH](OCc1cccc(Oc2cccc(Br)n2)c1)OCc1cccc(Oc2cccc(Br)n2)c1. The lowest BCUT2D eigenvalue weighted by Gasteiger charge is -2.09. The Morgan fingerprint density at radius 2 is 1.09 bits per heavy atom. The maximum Gasteiger partial charge on any atom is 0.319 e. The molecular weight excluding hydrogens is 587 g/mol. The lowest BCUT2D eigenvalue weighted by molar-refractivity contribution is 0.212. The van der Waals surface area contributed by atoms with E-state index < -0.39 is 8.25 Å². The second-order valence-electron chi connectivity index (χ2n) is 6.92. The Balaban J connectivity index is 1.27. The summed E-state index contributed by atoms with van der Waals surface area (Å²) in [6.45, 7) is 0.247. The van der Waals surface area contributed by atoms with Gasteiger partial charge in [0.15, 0.2) is 0 Å². The van der Waals surface area contributed by atoms with Crippen LogP contribution in [0.2, 0.25) is 0 Å². The lowest BCUT2D eigenvalue weighted by atomic mass is 10.2. The average molecular weight is 606 g/mol. The summed E-state index contributed by atoms with van der Waals surface area (Å²) < 4.78 is 36.0. The van der Waals surface area contributed by atoms with E-state index in [0.29, 0.717) is 32.5 Å². The van der Waals surface area contributed by atoms with Gasteiger partial charge in [-0.2, -0.15) is 0 Å². The summed E-state index contributed by atoms with van der Waals surface area (Å²) in [4.78, 5) is 8.49. The van der Waals surface area contributed by atoms with Gasteiger partial charge < -0.3 is 18.5 Å². The molecule has 0 aliphatic heterocycles. The third-order valence-corrected chi connectivity index (χ3v) is 5.98. The van der Waals surface area contributed by atoms with Crippen molar-refractivity contribution in [2.45, 2.75) is 13.2 Å². The number of ether oxygens (including phenoxy) is 2. The molecule has 4 aromatic rings. The molecule has 2 aromatic carbocycles. The van der Waals surface area contributed by atoms with Crippen LogP contribution in [0.25, 0.3) is 0 Å². The average Bonchev–Trinajstić information content (AvgIpc) is 2.82. The predicted molar refractivity (Wildman–Crippen MR) is 135 cm³/mol. The highest BCUT2D eigenvalue weighted by Crippen LogP contribution is 2.30. The number of hydrogen-bond acceptors (Lipinski definition) is 7. The molecule has 0 spiro atoms. The van der Waals surface area contributed by atoms with Gasteiger partial charge in [-0.05, 0) is 79.4 Å². The first kappa shape index (κ1) is 24.6. The summed E-state index contributed by atoms with van der Waals surface area (Å²) in [5.74, 6) is 2.13. The van der Waals surface area contributed by atoms with E-state index in [1.54, 1.807) is 24.3 Å². The van der Waals surface area contributed by atoms with Gasteiger partial charge in [0.05, 0.1) is 13.2 Å². The van der Waals surface area contributed by atoms with Crippen molar-refractivity contribution in [2.75, 3.05) is 0 Å². The van der Waals surface area contributed by atoms with E-state index in [0.717, 1.165) is 11.1 Å². The van der Waals surface area contributed by atoms with Crippen LogP contribution in [-0.2, 0) is 26.8 Å². The fourth-order valence-corrected chi connectivity index (χ4v) is 4.17. The minimum absolute atomic E-state index is 0.124. The number of nitrogens with zero attached hydrogens (tertiary/aromatic N) is 2. The highest BCUT2D eigenvalue weighted by molar-refractivity contribution is 9.10.